The molecular weight excluding hydrogens is 330 g/mol. The Morgan fingerprint density at radius 3 is 2.25 bits per heavy atom. The van der Waals surface area contributed by atoms with Crippen molar-refractivity contribution in [3.63, 3.8) is 0 Å². The molecule has 0 aromatic heterocycles. The summed E-state index contributed by atoms with van der Waals surface area (Å²) in [6.07, 6.45) is 2.06. The summed E-state index contributed by atoms with van der Waals surface area (Å²) in [5.41, 5.74) is 0.508. The Balaban J connectivity index is 1.56. The van der Waals surface area contributed by atoms with Crippen molar-refractivity contribution in [1.29, 1.82) is 0 Å². The van der Waals surface area contributed by atoms with Gasteiger partial charge in [0.1, 0.15) is 6.54 Å². The second kappa shape index (κ2) is 7.21. The molecule has 1 aromatic carbocycles. The number of nitrogens with zero attached hydrogens (tertiary/aromatic N) is 3. The van der Waals surface area contributed by atoms with Crippen molar-refractivity contribution in [2.24, 2.45) is 0 Å². The molecule has 2 saturated heterocycles. The molecule has 2 fully saturated rings. The van der Waals surface area contributed by atoms with Crippen LogP contribution in [0.1, 0.15) is 23.2 Å². The molecule has 0 bridgehead atoms. The third-order valence-corrected chi connectivity index (χ3v) is 4.73. The first-order chi connectivity index (χ1) is 11.5. The van der Waals surface area contributed by atoms with E-state index in [-0.39, 0.29) is 30.8 Å². The first kappa shape index (κ1) is 16.8. The van der Waals surface area contributed by atoms with E-state index in [4.69, 9.17) is 11.6 Å². The van der Waals surface area contributed by atoms with Gasteiger partial charge in [-0.2, -0.15) is 0 Å². The Kier molecular flexibility index (Phi) is 5.04. The number of hydrogen-bond donors (Lipinski definition) is 0. The van der Waals surface area contributed by atoms with E-state index >= 15 is 0 Å². The van der Waals surface area contributed by atoms with E-state index in [1.807, 2.05) is 0 Å². The van der Waals surface area contributed by atoms with Gasteiger partial charge in [0.2, 0.25) is 11.8 Å². The lowest BCUT2D eigenvalue weighted by atomic mass is 10.2. The Labute approximate surface area is 146 Å². The highest BCUT2D eigenvalue weighted by Gasteiger charge is 2.30. The molecule has 0 saturated carbocycles. The molecule has 0 atom stereocenters. The van der Waals surface area contributed by atoms with Crippen LogP contribution >= 0.6 is 11.6 Å². The first-order valence-electron chi connectivity index (χ1n) is 8.15. The SMILES string of the molecule is O=C(CN1CCN(C(=O)c2ccc(Cl)cc2)CC1=O)N1CCCC1. The average molecular weight is 350 g/mol. The largest absolute Gasteiger partial charge is 0.341 e. The fourth-order valence-corrected chi connectivity index (χ4v) is 3.18. The van der Waals surface area contributed by atoms with Crippen molar-refractivity contribution in [1.82, 2.24) is 14.7 Å². The van der Waals surface area contributed by atoms with Crippen LogP contribution in [0.25, 0.3) is 0 Å². The maximum atomic E-state index is 12.4. The summed E-state index contributed by atoms with van der Waals surface area (Å²) in [7, 11) is 0. The van der Waals surface area contributed by atoms with Crippen LogP contribution in [0.4, 0.5) is 0 Å². The molecule has 0 radical (unpaired) electrons. The molecule has 128 valence electrons. The topological polar surface area (TPSA) is 60.9 Å². The molecule has 24 heavy (non-hydrogen) atoms. The van der Waals surface area contributed by atoms with Crippen LogP contribution in [-0.2, 0) is 9.59 Å². The zero-order chi connectivity index (χ0) is 17.1. The van der Waals surface area contributed by atoms with E-state index in [1.54, 1.807) is 34.1 Å². The highest BCUT2D eigenvalue weighted by atomic mass is 35.5. The molecule has 2 aliphatic heterocycles. The van der Waals surface area contributed by atoms with Crippen molar-refractivity contribution in [3.8, 4) is 0 Å². The Morgan fingerprint density at radius 2 is 1.62 bits per heavy atom. The normalized spacial score (nSPS) is 18.2. The fraction of sp³-hybridized carbons (Fsp3) is 0.471. The lowest BCUT2D eigenvalue weighted by molar-refractivity contribution is -0.142. The lowest BCUT2D eigenvalue weighted by Crippen LogP contribution is -2.54. The van der Waals surface area contributed by atoms with Gasteiger partial charge in [-0.05, 0) is 37.1 Å². The number of amides is 3. The Morgan fingerprint density at radius 1 is 0.958 bits per heavy atom. The number of carbonyl (C=O) groups is 3. The summed E-state index contributed by atoms with van der Waals surface area (Å²) in [4.78, 5) is 41.8. The van der Waals surface area contributed by atoms with Crippen molar-refractivity contribution in [2.45, 2.75) is 12.8 Å². The summed E-state index contributed by atoms with van der Waals surface area (Å²) in [5, 5.41) is 0.563. The maximum absolute atomic E-state index is 12.4. The minimum absolute atomic E-state index is 0.00155. The van der Waals surface area contributed by atoms with Crippen LogP contribution in [0.2, 0.25) is 5.02 Å². The van der Waals surface area contributed by atoms with Gasteiger partial charge in [0.25, 0.3) is 5.91 Å². The van der Waals surface area contributed by atoms with Crippen LogP contribution in [0.5, 0.6) is 0 Å². The third-order valence-electron chi connectivity index (χ3n) is 4.48. The van der Waals surface area contributed by atoms with Crippen molar-refractivity contribution in [3.05, 3.63) is 34.9 Å². The molecule has 6 nitrogen and oxygen atoms in total. The van der Waals surface area contributed by atoms with E-state index in [0.29, 0.717) is 23.7 Å². The van der Waals surface area contributed by atoms with Gasteiger partial charge >= 0.3 is 0 Å². The molecule has 0 aliphatic carbocycles. The van der Waals surface area contributed by atoms with Crippen molar-refractivity contribution >= 4 is 29.3 Å². The summed E-state index contributed by atoms with van der Waals surface area (Å²) < 4.78 is 0. The van der Waals surface area contributed by atoms with Gasteiger partial charge < -0.3 is 14.7 Å². The summed E-state index contributed by atoms with van der Waals surface area (Å²) in [6, 6.07) is 6.61. The second-order valence-electron chi connectivity index (χ2n) is 6.14. The van der Waals surface area contributed by atoms with Gasteiger partial charge in [0.15, 0.2) is 0 Å². The zero-order valence-corrected chi connectivity index (χ0v) is 14.2. The van der Waals surface area contributed by atoms with Crippen molar-refractivity contribution in [2.75, 3.05) is 39.3 Å². The standard InChI is InChI=1S/C17H20ClN3O3/c18-14-5-3-13(4-6-14)17(24)21-10-9-20(16(23)12-21)11-15(22)19-7-1-2-8-19/h3-6H,1-2,7-12H2. The van der Waals surface area contributed by atoms with Crippen LogP contribution in [0, 0.1) is 0 Å². The minimum atomic E-state index is -0.189. The second-order valence-corrected chi connectivity index (χ2v) is 6.57. The van der Waals surface area contributed by atoms with Gasteiger partial charge in [0, 0.05) is 36.8 Å². The monoisotopic (exact) mass is 349 g/mol. The molecule has 2 heterocycles. The van der Waals surface area contributed by atoms with E-state index in [1.165, 1.54) is 4.90 Å². The molecule has 3 amide bonds. The summed E-state index contributed by atoms with van der Waals surface area (Å²) in [5.74, 6) is -0.375. The van der Waals surface area contributed by atoms with Gasteiger partial charge in [-0.1, -0.05) is 11.6 Å². The number of carbonyl (C=O) groups excluding carboxylic acids is 3. The van der Waals surface area contributed by atoms with E-state index < -0.39 is 0 Å². The Hall–Kier alpha value is -2.08. The predicted octanol–water partition coefficient (Wildman–Crippen LogP) is 1.25. The van der Waals surface area contributed by atoms with Crippen LogP contribution in [0.3, 0.4) is 0 Å². The van der Waals surface area contributed by atoms with Crippen molar-refractivity contribution < 1.29 is 14.4 Å². The molecule has 7 heteroatoms. The zero-order valence-electron chi connectivity index (χ0n) is 13.4. The molecule has 3 rings (SSSR count). The number of hydrogen-bond acceptors (Lipinski definition) is 3. The number of rotatable bonds is 3. The minimum Gasteiger partial charge on any atom is -0.341 e. The Bertz CT molecular complexity index is 641. The maximum Gasteiger partial charge on any atom is 0.254 e. The van der Waals surface area contributed by atoms with Gasteiger partial charge in [-0.15, -0.1) is 0 Å². The highest BCUT2D eigenvalue weighted by molar-refractivity contribution is 6.30. The van der Waals surface area contributed by atoms with Crippen LogP contribution in [-0.4, -0.2) is 71.7 Å². The molecule has 0 spiro atoms. The number of piperazine rings is 1. The number of likely N-dealkylation sites (tertiary alicyclic amines) is 1. The molecule has 1 aromatic rings. The molecule has 0 unspecified atom stereocenters. The quantitative estimate of drug-likeness (QED) is 0.825. The summed E-state index contributed by atoms with van der Waals surface area (Å²) in [6.45, 7) is 2.50. The molecular formula is C17H20ClN3O3. The molecule has 0 N–H and O–H groups in total. The highest BCUT2D eigenvalue weighted by Crippen LogP contribution is 2.14. The number of halogens is 1. The lowest BCUT2D eigenvalue weighted by Gasteiger charge is -2.34. The third kappa shape index (κ3) is 3.70. The predicted molar refractivity (Wildman–Crippen MR) is 89.7 cm³/mol. The van der Waals surface area contributed by atoms with E-state index in [2.05, 4.69) is 0 Å². The smallest absolute Gasteiger partial charge is 0.254 e. The molecule has 2 aliphatic rings. The number of benzene rings is 1. The summed E-state index contributed by atoms with van der Waals surface area (Å²) >= 11 is 5.83. The van der Waals surface area contributed by atoms with Crippen LogP contribution in [0.15, 0.2) is 24.3 Å². The first-order valence-corrected chi connectivity index (χ1v) is 8.53. The van der Waals surface area contributed by atoms with Gasteiger partial charge in [-0.25, -0.2) is 0 Å². The van der Waals surface area contributed by atoms with E-state index in [9.17, 15) is 14.4 Å². The van der Waals surface area contributed by atoms with Gasteiger partial charge in [0.05, 0.1) is 6.54 Å². The fourth-order valence-electron chi connectivity index (χ4n) is 3.05. The van der Waals surface area contributed by atoms with Crippen LogP contribution < -0.4 is 0 Å². The average Bonchev–Trinajstić information content (AvgIpc) is 3.11. The van der Waals surface area contributed by atoms with Gasteiger partial charge in [-0.3, -0.25) is 14.4 Å². The van der Waals surface area contributed by atoms with E-state index in [0.717, 1.165) is 25.9 Å².